The topological polar surface area (TPSA) is 41.0 Å². The average Bonchev–Trinajstić information content (AvgIpc) is 2.52. The first-order valence-corrected chi connectivity index (χ1v) is 7.57. The molecule has 1 aliphatic heterocycles. The predicted octanol–water partition coefficient (Wildman–Crippen LogP) is 2.45. The first-order chi connectivity index (χ1) is 10.3. The lowest BCUT2D eigenvalue weighted by atomic mass is 9.87. The summed E-state index contributed by atoms with van der Waals surface area (Å²) in [6.07, 6.45) is 5.80. The van der Waals surface area contributed by atoms with E-state index in [1.807, 2.05) is 6.07 Å². The van der Waals surface area contributed by atoms with Gasteiger partial charge in [0.15, 0.2) is 0 Å². The minimum Gasteiger partial charge on any atom is -0.351 e. The van der Waals surface area contributed by atoms with Gasteiger partial charge in [-0.25, -0.2) is 9.97 Å². The monoisotopic (exact) mass is 282 g/mol. The Bertz CT molecular complexity index is 543. The van der Waals surface area contributed by atoms with E-state index >= 15 is 0 Å². The Morgan fingerprint density at radius 3 is 2.67 bits per heavy atom. The third-order valence-electron chi connectivity index (χ3n) is 4.16. The van der Waals surface area contributed by atoms with Crippen LogP contribution in [0.1, 0.15) is 12.0 Å². The summed E-state index contributed by atoms with van der Waals surface area (Å²) in [4.78, 5) is 11.0. The fourth-order valence-corrected chi connectivity index (χ4v) is 3.07. The molecule has 4 nitrogen and oxygen atoms in total. The van der Waals surface area contributed by atoms with Gasteiger partial charge in [0, 0.05) is 25.0 Å². The zero-order valence-corrected chi connectivity index (χ0v) is 12.4. The molecule has 0 spiro atoms. The second-order valence-corrected chi connectivity index (χ2v) is 5.82. The highest BCUT2D eigenvalue weighted by Gasteiger charge is 2.28. The van der Waals surface area contributed by atoms with Gasteiger partial charge in [-0.05, 0) is 44.0 Å². The van der Waals surface area contributed by atoms with Crippen molar-refractivity contribution in [2.75, 3.05) is 25.5 Å². The van der Waals surface area contributed by atoms with Crippen LogP contribution in [-0.2, 0) is 6.42 Å². The molecule has 1 aromatic carbocycles. The van der Waals surface area contributed by atoms with Crippen molar-refractivity contribution in [3.63, 3.8) is 0 Å². The Balaban J connectivity index is 1.71. The molecule has 21 heavy (non-hydrogen) atoms. The fourth-order valence-electron chi connectivity index (χ4n) is 3.07. The van der Waals surface area contributed by atoms with E-state index in [-0.39, 0.29) is 0 Å². The molecule has 0 saturated carbocycles. The van der Waals surface area contributed by atoms with Crippen molar-refractivity contribution >= 4 is 5.95 Å². The van der Waals surface area contributed by atoms with E-state index in [9.17, 15) is 0 Å². The molecule has 2 aromatic rings. The number of hydrogen-bond acceptors (Lipinski definition) is 4. The molecule has 4 heteroatoms. The van der Waals surface area contributed by atoms with E-state index in [1.54, 1.807) is 12.4 Å². The number of anilines is 1. The first kappa shape index (κ1) is 14.0. The van der Waals surface area contributed by atoms with Gasteiger partial charge in [-0.15, -0.1) is 0 Å². The van der Waals surface area contributed by atoms with Crippen LogP contribution in [-0.4, -0.2) is 41.0 Å². The van der Waals surface area contributed by atoms with Gasteiger partial charge >= 0.3 is 0 Å². The molecule has 0 amide bonds. The molecule has 3 rings (SSSR count). The van der Waals surface area contributed by atoms with E-state index in [2.05, 4.69) is 57.6 Å². The second-order valence-electron chi connectivity index (χ2n) is 5.82. The van der Waals surface area contributed by atoms with Crippen molar-refractivity contribution in [2.45, 2.75) is 18.9 Å². The number of rotatable bonds is 4. The minimum atomic E-state index is 0.434. The molecule has 0 unspecified atom stereocenters. The largest absolute Gasteiger partial charge is 0.351 e. The molecule has 2 atom stereocenters. The summed E-state index contributed by atoms with van der Waals surface area (Å²) in [6.45, 7) is 2.23. The zero-order chi connectivity index (χ0) is 14.5. The third-order valence-corrected chi connectivity index (χ3v) is 4.16. The molecule has 0 aliphatic carbocycles. The smallest absolute Gasteiger partial charge is 0.222 e. The van der Waals surface area contributed by atoms with Crippen LogP contribution in [0, 0.1) is 5.92 Å². The maximum atomic E-state index is 4.30. The number of hydrogen-bond donors (Lipinski definition) is 1. The summed E-state index contributed by atoms with van der Waals surface area (Å²) < 4.78 is 0. The molecule has 1 saturated heterocycles. The van der Waals surface area contributed by atoms with Crippen LogP contribution in [0.25, 0.3) is 0 Å². The van der Waals surface area contributed by atoms with Crippen molar-refractivity contribution in [1.29, 1.82) is 0 Å². The molecule has 1 N–H and O–H groups in total. The molecule has 0 bridgehead atoms. The van der Waals surface area contributed by atoms with Crippen LogP contribution in [0.15, 0.2) is 48.8 Å². The van der Waals surface area contributed by atoms with Gasteiger partial charge in [0.1, 0.15) is 0 Å². The summed E-state index contributed by atoms with van der Waals surface area (Å²) in [5.41, 5.74) is 1.40. The molecule has 1 fully saturated rings. The van der Waals surface area contributed by atoms with Gasteiger partial charge < -0.3 is 10.2 Å². The molecular weight excluding hydrogens is 260 g/mol. The van der Waals surface area contributed by atoms with Crippen LogP contribution in [0.2, 0.25) is 0 Å². The van der Waals surface area contributed by atoms with Gasteiger partial charge in [-0.2, -0.15) is 0 Å². The highest BCUT2D eigenvalue weighted by atomic mass is 15.2. The van der Waals surface area contributed by atoms with Gasteiger partial charge in [0.25, 0.3) is 0 Å². The van der Waals surface area contributed by atoms with E-state index in [0.29, 0.717) is 12.0 Å². The van der Waals surface area contributed by atoms with Crippen LogP contribution in [0.5, 0.6) is 0 Å². The number of nitrogens with one attached hydrogen (secondary N) is 1. The highest BCUT2D eigenvalue weighted by Crippen LogP contribution is 2.23. The van der Waals surface area contributed by atoms with Crippen molar-refractivity contribution < 1.29 is 0 Å². The van der Waals surface area contributed by atoms with Crippen molar-refractivity contribution in [3.8, 4) is 0 Å². The lowest BCUT2D eigenvalue weighted by molar-refractivity contribution is 0.193. The van der Waals surface area contributed by atoms with E-state index in [1.165, 1.54) is 5.56 Å². The number of benzene rings is 1. The average molecular weight is 282 g/mol. The summed E-state index contributed by atoms with van der Waals surface area (Å²) in [5, 5.41) is 3.52. The molecular formula is C17H22N4. The SMILES string of the molecule is CN1CC[C@H](Nc2ncccn2)[C@H](Cc2ccccc2)C1. The Morgan fingerprint density at radius 1 is 1.14 bits per heavy atom. The quantitative estimate of drug-likeness (QED) is 0.935. The second kappa shape index (κ2) is 6.68. The van der Waals surface area contributed by atoms with Crippen LogP contribution in [0.4, 0.5) is 5.95 Å². The lowest BCUT2D eigenvalue weighted by Gasteiger charge is -2.37. The van der Waals surface area contributed by atoms with Gasteiger partial charge in [0.05, 0.1) is 0 Å². The van der Waals surface area contributed by atoms with Crippen LogP contribution in [0.3, 0.4) is 0 Å². The van der Waals surface area contributed by atoms with Gasteiger partial charge in [-0.1, -0.05) is 30.3 Å². The summed E-state index contributed by atoms with van der Waals surface area (Å²) >= 11 is 0. The van der Waals surface area contributed by atoms with Crippen molar-refractivity contribution in [1.82, 2.24) is 14.9 Å². The summed E-state index contributed by atoms with van der Waals surface area (Å²) in [7, 11) is 2.20. The van der Waals surface area contributed by atoms with E-state index < -0.39 is 0 Å². The van der Waals surface area contributed by atoms with Crippen molar-refractivity contribution in [3.05, 3.63) is 54.4 Å². The maximum Gasteiger partial charge on any atom is 0.222 e. The Hall–Kier alpha value is -1.94. The number of likely N-dealkylation sites (tertiary alicyclic amines) is 1. The normalized spacial score (nSPS) is 22.9. The summed E-state index contributed by atoms with van der Waals surface area (Å²) in [6, 6.07) is 13.0. The molecule has 2 heterocycles. The van der Waals surface area contributed by atoms with Crippen molar-refractivity contribution in [2.24, 2.45) is 5.92 Å². The third kappa shape index (κ3) is 3.79. The van der Waals surface area contributed by atoms with Gasteiger partial charge in [0.2, 0.25) is 5.95 Å². The molecule has 1 aliphatic rings. The Kier molecular flexibility index (Phi) is 4.46. The number of aromatic nitrogens is 2. The zero-order valence-electron chi connectivity index (χ0n) is 12.4. The molecule has 110 valence electrons. The lowest BCUT2D eigenvalue weighted by Crippen LogP contribution is -2.45. The Morgan fingerprint density at radius 2 is 1.90 bits per heavy atom. The molecule has 1 aromatic heterocycles. The first-order valence-electron chi connectivity index (χ1n) is 7.57. The molecule has 0 radical (unpaired) electrons. The minimum absolute atomic E-state index is 0.434. The number of piperidine rings is 1. The van der Waals surface area contributed by atoms with Gasteiger partial charge in [-0.3, -0.25) is 0 Å². The highest BCUT2D eigenvalue weighted by molar-refractivity contribution is 5.26. The Labute approximate surface area is 126 Å². The fraction of sp³-hybridized carbons (Fsp3) is 0.412. The van der Waals surface area contributed by atoms with E-state index in [4.69, 9.17) is 0 Å². The predicted molar refractivity (Wildman–Crippen MR) is 85.2 cm³/mol. The summed E-state index contributed by atoms with van der Waals surface area (Å²) in [5.74, 6) is 1.32. The standard InChI is InChI=1S/C17H22N4/c1-21-11-8-16(20-17-18-9-5-10-19-17)15(13-21)12-14-6-3-2-4-7-14/h2-7,9-10,15-16H,8,11-13H2,1H3,(H,18,19,20)/t15-,16+/m1/s1. The van der Waals surface area contributed by atoms with Crippen LogP contribution < -0.4 is 5.32 Å². The van der Waals surface area contributed by atoms with E-state index in [0.717, 1.165) is 31.9 Å². The van der Waals surface area contributed by atoms with Crippen LogP contribution >= 0.6 is 0 Å². The maximum absolute atomic E-state index is 4.30. The number of nitrogens with zero attached hydrogens (tertiary/aromatic N) is 3.